The largest absolute Gasteiger partial charge is 0.325 e. The molecule has 2 nitrogen and oxygen atoms in total. The van der Waals surface area contributed by atoms with Crippen LogP contribution in [-0.4, -0.2) is 6.67 Å². The molecule has 0 fully saturated rings. The van der Waals surface area contributed by atoms with E-state index in [4.69, 9.17) is 0 Å². The Hall–Kier alpha value is -1.74. The minimum atomic E-state index is 0. The second kappa shape index (κ2) is 10.5. The lowest BCUT2D eigenvalue weighted by Gasteiger charge is -2.32. The molecule has 176 valence electrons. The Morgan fingerprint density at radius 3 is 1.00 bits per heavy atom. The number of rotatable bonds is 6. The maximum atomic E-state index is 2.57. The van der Waals surface area contributed by atoms with E-state index in [1.165, 1.54) is 45.0 Å². The Morgan fingerprint density at radius 2 is 0.781 bits per heavy atom. The van der Waals surface area contributed by atoms with Crippen LogP contribution in [0.2, 0.25) is 0 Å². The zero-order valence-corrected chi connectivity index (χ0v) is 23.5. The molecule has 0 saturated heterocycles. The molecule has 0 unspecified atom stereocenters. The highest BCUT2D eigenvalue weighted by atomic mass is 79.9. The number of halogens is 1. The van der Waals surface area contributed by atoms with E-state index < -0.39 is 0 Å². The van der Waals surface area contributed by atoms with Crippen LogP contribution in [0, 0.1) is 0 Å². The smallest absolute Gasteiger partial charge is 0.0995 e. The normalized spacial score (nSPS) is 14.4. The molecule has 1 aliphatic rings. The van der Waals surface area contributed by atoms with Gasteiger partial charge >= 0.3 is 0 Å². The van der Waals surface area contributed by atoms with Crippen LogP contribution in [-0.2, 0) is 0 Å². The van der Waals surface area contributed by atoms with Crippen LogP contribution in [0.3, 0.4) is 0 Å². The third-order valence-electron chi connectivity index (χ3n) is 6.84. The van der Waals surface area contributed by atoms with Gasteiger partial charge in [-0.15, -0.1) is 17.0 Å². The van der Waals surface area contributed by atoms with Gasteiger partial charge in [-0.05, 0) is 59.8 Å². The summed E-state index contributed by atoms with van der Waals surface area (Å²) >= 11 is 0. The Morgan fingerprint density at radius 1 is 0.531 bits per heavy atom. The van der Waals surface area contributed by atoms with E-state index in [0.717, 1.165) is 6.67 Å². The third kappa shape index (κ3) is 4.78. The summed E-state index contributed by atoms with van der Waals surface area (Å²) in [4.78, 5) is 5.14. The maximum Gasteiger partial charge on any atom is 0.0995 e. The Bertz CT molecular complexity index is 839. The van der Waals surface area contributed by atoms with Crippen LogP contribution in [0.5, 0.6) is 0 Å². The van der Waals surface area contributed by atoms with E-state index in [0.29, 0.717) is 23.7 Å². The summed E-state index contributed by atoms with van der Waals surface area (Å²) in [6.45, 7) is 24.0. The second-order valence-corrected chi connectivity index (χ2v) is 10.4. The predicted molar refractivity (Wildman–Crippen MR) is 148 cm³/mol. The number of anilines is 2. The van der Waals surface area contributed by atoms with E-state index in [-0.39, 0.29) is 17.0 Å². The monoisotopic (exact) mass is 498 g/mol. The van der Waals surface area contributed by atoms with Crippen molar-refractivity contribution in [2.24, 2.45) is 0 Å². The van der Waals surface area contributed by atoms with Gasteiger partial charge in [0, 0.05) is 22.8 Å². The molecular formula is C29H43BrN2. The number of allylic oxidation sites excluding steroid dienone is 2. The highest BCUT2D eigenvalue weighted by molar-refractivity contribution is 8.93. The van der Waals surface area contributed by atoms with Crippen molar-refractivity contribution in [1.29, 1.82) is 0 Å². The lowest BCUT2D eigenvalue weighted by Crippen LogP contribution is -2.30. The van der Waals surface area contributed by atoms with Gasteiger partial charge in [0.2, 0.25) is 0 Å². The lowest BCUT2D eigenvalue weighted by atomic mass is 9.91. The molecule has 1 heterocycles. The summed E-state index contributed by atoms with van der Waals surface area (Å²) in [6, 6.07) is 13.7. The molecule has 0 aromatic heterocycles. The molecule has 2 aromatic rings. The number of para-hydroxylation sites is 2. The molecule has 1 aliphatic heterocycles. The van der Waals surface area contributed by atoms with E-state index in [9.17, 15) is 0 Å². The highest BCUT2D eigenvalue weighted by Crippen LogP contribution is 2.44. The Kier molecular flexibility index (Phi) is 8.67. The quantitative estimate of drug-likeness (QED) is 0.391. The molecule has 0 radical (unpaired) electrons. The van der Waals surface area contributed by atoms with Crippen molar-refractivity contribution >= 4 is 28.4 Å². The second-order valence-electron chi connectivity index (χ2n) is 10.4. The van der Waals surface area contributed by atoms with Gasteiger partial charge in [-0.2, -0.15) is 0 Å². The van der Waals surface area contributed by atoms with Crippen molar-refractivity contribution in [2.45, 2.75) is 92.9 Å². The topological polar surface area (TPSA) is 6.48 Å². The fraction of sp³-hybridized carbons (Fsp3) is 0.517. The number of benzene rings is 2. The Labute approximate surface area is 207 Å². The van der Waals surface area contributed by atoms with Gasteiger partial charge in [0.15, 0.2) is 0 Å². The van der Waals surface area contributed by atoms with E-state index >= 15 is 0 Å². The molecule has 32 heavy (non-hydrogen) atoms. The summed E-state index contributed by atoms with van der Waals surface area (Å²) in [7, 11) is 0. The highest BCUT2D eigenvalue weighted by Gasteiger charge is 2.32. The molecule has 0 amide bonds. The van der Waals surface area contributed by atoms with Crippen LogP contribution in [0.25, 0.3) is 0 Å². The molecular weight excluding hydrogens is 456 g/mol. The zero-order valence-electron chi connectivity index (χ0n) is 21.8. The van der Waals surface area contributed by atoms with Crippen molar-refractivity contribution in [2.75, 3.05) is 16.5 Å². The first-order valence-corrected chi connectivity index (χ1v) is 12.0. The van der Waals surface area contributed by atoms with Crippen LogP contribution in [0.1, 0.15) is 115 Å². The van der Waals surface area contributed by atoms with Crippen LogP contribution in [0.15, 0.2) is 47.8 Å². The summed E-state index contributed by atoms with van der Waals surface area (Å²) in [5.41, 5.74) is 11.3. The molecule has 3 heteroatoms. The van der Waals surface area contributed by atoms with Gasteiger partial charge in [-0.25, -0.2) is 0 Å². The van der Waals surface area contributed by atoms with Gasteiger partial charge in [-0.1, -0.05) is 91.8 Å². The van der Waals surface area contributed by atoms with E-state index in [1.807, 2.05) is 0 Å². The van der Waals surface area contributed by atoms with Gasteiger partial charge in [0.05, 0.1) is 6.67 Å². The first-order chi connectivity index (χ1) is 14.6. The molecule has 2 aromatic carbocycles. The molecule has 0 spiro atoms. The minimum Gasteiger partial charge on any atom is -0.325 e. The third-order valence-corrected chi connectivity index (χ3v) is 6.84. The lowest BCUT2D eigenvalue weighted by molar-refractivity contribution is 0.796. The van der Waals surface area contributed by atoms with Crippen molar-refractivity contribution in [3.8, 4) is 0 Å². The summed E-state index contributed by atoms with van der Waals surface area (Å²) in [5, 5.41) is 0. The van der Waals surface area contributed by atoms with Gasteiger partial charge in [0.1, 0.15) is 0 Å². The number of hydrogen-bond acceptors (Lipinski definition) is 2. The van der Waals surface area contributed by atoms with Crippen molar-refractivity contribution in [1.82, 2.24) is 0 Å². The fourth-order valence-electron chi connectivity index (χ4n) is 4.87. The number of nitrogens with zero attached hydrogens (tertiary/aromatic N) is 2. The van der Waals surface area contributed by atoms with Crippen LogP contribution >= 0.6 is 17.0 Å². The van der Waals surface area contributed by atoms with Crippen molar-refractivity contribution in [3.63, 3.8) is 0 Å². The molecule has 0 bridgehead atoms. The number of hydrogen-bond donors (Lipinski definition) is 0. The molecule has 0 aliphatic carbocycles. The first kappa shape index (κ1) is 26.5. The van der Waals surface area contributed by atoms with Gasteiger partial charge in [-0.3, -0.25) is 0 Å². The van der Waals surface area contributed by atoms with E-state index in [1.54, 1.807) is 0 Å². The molecule has 0 N–H and O–H groups in total. The van der Waals surface area contributed by atoms with E-state index in [2.05, 4.69) is 115 Å². The summed E-state index contributed by atoms with van der Waals surface area (Å²) in [5.74, 6) is 1.96. The Balaban J connectivity index is 0.00000363. The van der Waals surface area contributed by atoms with Crippen LogP contribution in [0.4, 0.5) is 11.4 Å². The molecule has 0 saturated carbocycles. The van der Waals surface area contributed by atoms with Crippen molar-refractivity contribution < 1.29 is 0 Å². The summed E-state index contributed by atoms with van der Waals surface area (Å²) < 4.78 is 0. The fourth-order valence-corrected chi connectivity index (χ4v) is 4.87. The summed E-state index contributed by atoms with van der Waals surface area (Å²) in [6.07, 6.45) is 0. The first-order valence-electron chi connectivity index (χ1n) is 12.0. The average molecular weight is 500 g/mol. The molecule has 3 rings (SSSR count). The predicted octanol–water partition coefficient (Wildman–Crippen LogP) is 9.29. The van der Waals surface area contributed by atoms with Crippen molar-refractivity contribution in [3.05, 3.63) is 70.0 Å². The maximum absolute atomic E-state index is 2.57. The SMILES string of the molecule is Br.CC1=C(C)N(c2c(C(C)C)cccc2C(C)C)CN1c1c(C(C)C)cccc1C(C)C. The standard InChI is InChI=1S/C29H42N2.BrH/c1-18(2)24-13-11-14-25(19(3)4)28(24)30-17-31(23(10)22(30)9)29-26(20(5)6)15-12-16-27(29)21(7)8;/h11-16,18-21H,17H2,1-10H3;1H. The average Bonchev–Trinajstić information content (AvgIpc) is 3.00. The zero-order chi connectivity index (χ0) is 23.0. The van der Waals surface area contributed by atoms with Crippen LogP contribution < -0.4 is 9.80 Å². The minimum absolute atomic E-state index is 0. The molecule has 0 atom stereocenters. The van der Waals surface area contributed by atoms with Gasteiger partial charge < -0.3 is 9.80 Å². The van der Waals surface area contributed by atoms with Gasteiger partial charge in [0.25, 0.3) is 0 Å².